The van der Waals surface area contributed by atoms with Gasteiger partial charge in [-0.25, -0.2) is 0 Å². The molecule has 156 valence electrons. The van der Waals surface area contributed by atoms with Crippen molar-refractivity contribution in [1.82, 2.24) is 15.2 Å². The molecule has 0 bridgehead atoms. The van der Waals surface area contributed by atoms with Crippen LogP contribution in [-0.4, -0.2) is 42.0 Å². The van der Waals surface area contributed by atoms with Crippen molar-refractivity contribution in [2.24, 2.45) is 11.8 Å². The van der Waals surface area contributed by atoms with Crippen LogP contribution < -0.4 is 10.1 Å². The Kier molecular flexibility index (Phi) is 8.05. The summed E-state index contributed by atoms with van der Waals surface area (Å²) in [5.74, 6) is 1.29. The van der Waals surface area contributed by atoms with Crippen molar-refractivity contribution in [3.63, 3.8) is 0 Å². The van der Waals surface area contributed by atoms with Gasteiger partial charge in [-0.2, -0.15) is 0 Å². The molecule has 0 saturated carbocycles. The van der Waals surface area contributed by atoms with Crippen LogP contribution in [0, 0.1) is 18.8 Å². The molecule has 5 nitrogen and oxygen atoms in total. The molecular weight excluding hydrogens is 362 g/mol. The van der Waals surface area contributed by atoms with Crippen molar-refractivity contribution in [2.75, 3.05) is 26.2 Å². The maximum atomic E-state index is 12.7. The third-order valence-electron chi connectivity index (χ3n) is 5.43. The molecular formula is C24H33N3O2. The first-order valence-corrected chi connectivity index (χ1v) is 10.7. The van der Waals surface area contributed by atoms with Gasteiger partial charge in [-0.05, 0) is 37.5 Å². The maximum absolute atomic E-state index is 12.7. The summed E-state index contributed by atoms with van der Waals surface area (Å²) in [5, 5.41) is 3.12. The highest BCUT2D eigenvalue weighted by Gasteiger charge is 2.32. The molecule has 1 aliphatic rings. The number of likely N-dealkylation sites (tertiary alicyclic amines) is 1. The second-order valence-electron chi connectivity index (χ2n) is 8.07. The molecule has 1 amide bonds. The van der Waals surface area contributed by atoms with E-state index in [0.29, 0.717) is 12.5 Å². The molecule has 3 rings (SSSR count). The van der Waals surface area contributed by atoms with Crippen molar-refractivity contribution in [2.45, 2.75) is 39.7 Å². The fourth-order valence-electron chi connectivity index (χ4n) is 3.87. The monoisotopic (exact) mass is 395 g/mol. The quantitative estimate of drug-likeness (QED) is 0.656. The van der Waals surface area contributed by atoms with E-state index in [1.165, 1.54) is 5.56 Å². The summed E-state index contributed by atoms with van der Waals surface area (Å²) in [6.45, 7) is 8.08. The van der Waals surface area contributed by atoms with Crippen LogP contribution in [0.4, 0.5) is 0 Å². The van der Waals surface area contributed by atoms with Crippen LogP contribution in [0.5, 0.6) is 5.75 Å². The third kappa shape index (κ3) is 6.86. The Hall–Kier alpha value is -2.40. The number of amides is 1. The number of aromatic nitrogens is 1. The molecule has 2 aromatic rings. The number of unbranched alkanes of at least 4 members (excludes halogenated alkanes) is 1. The number of piperidine rings is 1. The molecule has 0 unspecified atom stereocenters. The SMILES string of the molecule is CCCCNC(=O)[C@@H]1C[C@H](COc2ccc(C)nc2)CN(Cc2ccccc2)C1. The minimum absolute atomic E-state index is 0.00839. The predicted molar refractivity (Wildman–Crippen MR) is 116 cm³/mol. The smallest absolute Gasteiger partial charge is 0.224 e. The molecule has 2 heterocycles. The number of carbonyl (C=O) groups excluding carboxylic acids is 1. The number of pyridine rings is 1. The van der Waals surface area contributed by atoms with E-state index in [0.717, 1.165) is 56.9 Å². The van der Waals surface area contributed by atoms with Crippen molar-refractivity contribution < 1.29 is 9.53 Å². The predicted octanol–water partition coefficient (Wildman–Crippen LogP) is 3.82. The van der Waals surface area contributed by atoms with Crippen LogP contribution in [0.2, 0.25) is 0 Å². The third-order valence-corrected chi connectivity index (χ3v) is 5.43. The maximum Gasteiger partial charge on any atom is 0.224 e. The molecule has 0 aliphatic carbocycles. The molecule has 0 spiro atoms. The Morgan fingerprint density at radius 1 is 1.21 bits per heavy atom. The fraction of sp³-hybridized carbons (Fsp3) is 0.500. The minimum Gasteiger partial charge on any atom is -0.492 e. The van der Waals surface area contributed by atoms with Crippen molar-refractivity contribution >= 4 is 5.91 Å². The second kappa shape index (κ2) is 11.0. The highest BCUT2D eigenvalue weighted by Crippen LogP contribution is 2.25. The summed E-state index contributed by atoms with van der Waals surface area (Å²) in [7, 11) is 0. The molecule has 1 aromatic carbocycles. The number of carbonyl (C=O) groups is 1. The van der Waals surface area contributed by atoms with E-state index in [-0.39, 0.29) is 11.8 Å². The topological polar surface area (TPSA) is 54.5 Å². The molecule has 29 heavy (non-hydrogen) atoms. The molecule has 1 N–H and O–H groups in total. The van der Waals surface area contributed by atoms with Gasteiger partial charge in [0, 0.05) is 37.8 Å². The van der Waals surface area contributed by atoms with Gasteiger partial charge in [0.1, 0.15) is 5.75 Å². The number of nitrogens with zero attached hydrogens (tertiary/aromatic N) is 2. The van der Waals surface area contributed by atoms with Crippen LogP contribution >= 0.6 is 0 Å². The van der Waals surface area contributed by atoms with Gasteiger partial charge in [0.2, 0.25) is 5.91 Å². The second-order valence-corrected chi connectivity index (χ2v) is 8.07. The van der Waals surface area contributed by atoms with Crippen LogP contribution in [0.1, 0.15) is 37.4 Å². The van der Waals surface area contributed by atoms with Crippen molar-refractivity contribution in [3.05, 3.63) is 59.9 Å². The van der Waals surface area contributed by atoms with Gasteiger partial charge in [-0.1, -0.05) is 43.7 Å². The summed E-state index contributed by atoms with van der Waals surface area (Å²) in [6.07, 6.45) is 4.75. The van der Waals surface area contributed by atoms with E-state index in [1.54, 1.807) is 6.20 Å². The lowest BCUT2D eigenvalue weighted by Gasteiger charge is -2.37. The van der Waals surface area contributed by atoms with E-state index in [4.69, 9.17) is 4.74 Å². The van der Waals surface area contributed by atoms with Gasteiger partial charge in [0.05, 0.1) is 18.7 Å². The van der Waals surface area contributed by atoms with E-state index in [2.05, 4.69) is 46.4 Å². The van der Waals surface area contributed by atoms with E-state index in [1.807, 2.05) is 25.1 Å². The Bertz CT molecular complexity index is 748. The van der Waals surface area contributed by atoms with Gasteiger partial charge < -0.3 is 10.1 Å². The van der Waals surface area contributed by atoms with Gasteiger partial charge in [0.15, 0.2) is 0 Å². The zero-order chi connectivity index (χ0) is 20.5. The average Bonchev–Trinajstić information content (AvgIpc) is 2.74. The molecule has 2 atom stereocenters. The first-order chi connectivity index (χ1) is 14.1. The zero-order valence-corrected chi connectivity index (χ0v) is 17.6. The van der Waals surface area contributed by atoms with Crippen LogP contribution in [0.25, 0.3) is 0 Å². The van der Waals surface area contributed by atoms with Crippen LogP contribution in [0.15, 0.2) is 48.7 Å². The van der Waals surface area contributed by atoms with Gasteiger partial charge >= 0.3 is 0 Å². The van der Waals surface area contributed by atoms with Crippen molar-refractivity contribution in [1.29, 1.82) is 0 Å². The van der Waals surface area contributed by atoms with Crippen LogP contribution in [0.3, 0.4) is 0 Å². The molecule has 1 aromatic heterocycles. The first kappa shape index (κ1) is 21.3. The van der Waals surface area contributed by atoms with Crippen molar-refractivity contribution in [3.8, 4) is 5.75 Å². The molecule has 1 saturated heterocycles. The lowest BCUT2D eigenvalue weighted by molar-refractivity contribution is -0.127. The summed E-state index contributed by atoms with van der Waals surface area (Å²) in [5.41, 5.74) is 2.26. The van der Waals surface area contributed by atoms with Gasteiger partial charge in [-0.15, -0.1) is 0 Å². The largest absolute Gasteiger partial charge is 0.492 e. The normalized spacial score (nSPS) is 19.7. The van der Waals surface area contributed by atoms with E-state index in [9.17, 15) is 4.79 Å². The lowest BCUT2D eigenvalue weighted by Crippen LogP contribution is -2.47. The Balaban J connectivity index is 1.62. The number of nitrogens with one attached hydrogen (secondary N) is 1. The Morgan fingerprint density at radius 2 is 2.03 bits per heavy atom. The van der Waals surface area contributed by atoms with Gasteiger partial charge in [0.25, 0.3) is 0 Å². The lowest BCUT2D eigenvalue weighted by atomic mass is 9.88. The number of hydrogen-bond donors (Lipinski definition) is 1. The highest BCUT2D eigenvalue weighted by atomic mass is 16.5. The standard InChI is InChI=1S/C24H33N3O2/c1-3-4-12-25-24(28)22-13-21(18-29-23-11-10-19(2)26-14-23)16-27(17-22)15-20-8-6-5-7-9-20/h5-11,14,21-22H,3-4,12-13,15-18H2,1-2H3,(H,25,28)/t21-,22+/m0/s1. The fourth-order valence-corrected chi connectivity index (χ4v) is 3.87. The summed E-state index contributed by atoms with van der Waals surface area (Å²) in [4.78, 5) is 19.4. The number of hydrogen-bond acceptors (Lipinski definition) is 4. The summed E-state index contributed by atoms with van der Waals surface area (Å²) in [6, 6.07) is 14.4. The first-order valence-electron chi connectivity index (χ1n) is 10.7. The number of aryl methyl sites for hydroxylation is 1. The minimum atomic E-state index is 0.00839. The summed E-state index contributed by atoms with van der Waals surface area (Å²) >= 11 is 0. The molecule has 0 radical (unpaired) electrons. The molecule has 1 fully saturated rings. The Labute approximate surface area is 174 Å². The van der Waals surface area contributed by atoms with Gasteiger partial charge in [-0.3, -0.25) is 14.7 Å². The number of rotatable bonds is 9. The number of ether oxygens (including phenoxy) is 1. The van der Waals surface area contributed by atoms with E-state index >= 15 is 0 Å². The van der Waals surface area contributed by atoms with Crippen LogP contribution in [-0.2, 0) is 11.3 Å². The van der Waals surface area contributed by atoms with E-state index < -0.39 is 0 Å². The summed E-state index contributed by atoms with van der Waals surface area (Å²) < 4.78 is 6.00. The average molecular weight is 396 g/mol. The number of benzene rings is 1. The molecule has 1 aliphatic heterocycles. The molecule has 5 heteroatoms. The Morgan fingerprint density at radius 3 is 2.76 bits per heavy atom. The highest BCUT2D eigenvalue weighted by molar-refractivity contribution is 5.79. The zero-order valence-electron chi connectivity index (χ0n) is 17.6.